The maximum atomic E-state index is 13.1. The average Bonchev–Trinajstić information content (AvgIpc) is 3.44. The van der Waals surface area contributed by atoms with Crippen LogP contribution in [0.5, 0.6) is 0 Å². The second-order valence-corrected chi connectivity index (χ2v) is 6.68. The molecule has 3 N–H and O–H groups in total. The number of nitrogens with one attached hydrogen (secondary N) is 3. The Kier molecular flexibility index (Phi) is 5.42. The summed E-state index contributed by atoms with van der Waals surface area (Å²) in [6.45, 7) is 1.84. The molecule has 7 heteroatoms. The Morgan fingerprint density at radius 1 is 1.15 bits per heavy atom. The van der Waals surface area contributed by atoms with Crippen molar-refractivity contribution in [2.24, 2.45) is 5.92 Å². The number of benzene rings is 2. The van der Waals surface area contributed by atoms with E-state index in [1.54, 1.807) is 12.1 Å². The molecule has 2 amide bonds. The van der Waals surface area contributed by atoms with Gasteiger partial charge < -0.3 is 16.0 Å². The van der Waals surface area contributed by atoms with Crippen molar-refractivity contribution < 1.29 is 14.0 Å². The van der Waals surface area contributed by atoms with E-state index in [2.05, 4.69) is 16.0 Å². The second-order valence-electron chi connectivity index (χ2n) is 6.27. The van der Waals surface area contributed by atoms with Crippen molar-refractivity contribution in [3.8, 4) is 0 Å². The molecule has 0 saturated heterocycles. The van der Waals surface area contributed by atoms with E-state index in [9.17, 15) is 14.0 Å². The molecule has 1 fully saturated rings. The van der Waals surface area contributed by atoms with E-state index in [1.807, 2.05) is 13.0 Å². The van der Waals surface area contributed by atoms with Crippen molar-refractivity contribution >= 4 is 40.5 Å². The van der Waals surface area contributed by atoms with E-state index in [0.717, 1.165) is 18.4 Å². The predicted octanol–water partition coefficient (Wildman–Crippen LogP) is 4.19. The zero-order valence-electron chi connectivity index (χ0n) is 14.2. The molecule has 0 aromatic heterocycles. The van der Waals surface area contributed by atoms with Crippen LogP contribution in [0.15, 0.2) is 36.4 Å². The van der Waals surface area contributed by atoms with Gasteiger partial charge in [-0.15, -0.1) is 0 Å². The maximum absolute atomic E-state index is 13.1. The van der Waals surface area contributed by atoms with Gasteiger partial charge in [0.15, 0.2) is 0 Å². The molecular weight excluding hydrogens is 357 g/mol. The van der Waals surface area contributed by atoms with E-state index >= 15 is 0 Å². The van der Waals surface area contributed by atoms with E-state index in [-0.39, 0.29) is 29.3 Å². The quantitative estimate of drug-likeness (QED) is 0.709. The first-order valence-electron chi connectivity index (χ1n) is 8.33. The van der Waals surface area contributed by atoms with Crippen LogP contribution in [0, 0.1) is 18.7 Å². The molecule has 0 aliphatic heterocycles. The number of rotatable bonds is 6. The first-order valence-corrected chi connectivity index (χ1v) is 8.71. The van der Waals surface area contributed by atoms with Crippen LogP contribution in [-0.2, 0) is 9.59 Å². The van der Waals surface area contributed by atoms with Crippen LogP contribution >= 0.6 is 11.6 Å². The number of hydrogen-bond acceptors (Lipinski definition) is 3. The Bertz CT molecular complexity index is 853. The van der Waals surface area contributed by atoms with E-state index in [4.69, 9.17) is 11.6 Å². The zero-order valence-corrected chi connectivity index (χ0v) is 15.0. The fourth-order valence-corrected chi connectivity index (χ4v) is 2.65. The van der Waals surface area contributed by atoms with Crippen molar-refractivity contribution in [2.75, 3.05) is 22.5 Å². The standard InChI is InChI=1S/C19H19ClFN3O2/c1-11-16(3-2-4-17(11)24-19(26)12-5-6-12)23-18(25)10-22-13-7-8-15(21)14(20)9-13/h2-4,7-9,12,22H,5-6,10H2,1H3,(H,23,25)(H,24,26). The Morgan fingerprint density at radius 2 is 1.85 bits per heavy atom. The highest BCUT2D eigenvalue weighted by Gasteiger charge is 2.29. The number of carbonyl (C=O) groups excluding carboxylic acids is 2. The Morgan fingerprint density at radius 3 is 2.50 bits per heavy atom. The first kappa shape index (κ1) is 18.2. The normalized spacial score (nSPS) is 13.2. The van der Waals surface area contributed by atoms with Gasteiger partial charge in [-0.25, -0.2) is 4.39 Å². The molecule has 0 unspecified atom stereocenters. The summed E-state index contributed by atoms with van der Waals surface area (Å²) in [5, 5.41) is 8.58. The van der Waals surface area contributed by atoms with E-state index in [0.29, 0.717) is 17.1 Å². The maximum Gasteiger partial charge on any atom is 0.243 e. The molecule has 5 nitrogen and oxygen atoms in total. The third-order valence-electron chi connectivity index (χ3n) is 4.19. The smallest absolute Gasteiger partial charge is 0.243 e. The molecule has 0 radical (unpaired) electrons. The van der Waals surface area contributed by atoms with Gasteiger partial charge in [-0.2, -0.15) is 0 Å². The Balaban J connectivity index is 1.59. The number of anilines is 3. The van der Waals surface area contributed by atoms with Gasteiger partial charge in [-0.3, -0.25) is 9.59 Å². The molecule has 136 valence electrons. The number of amides is 2. The van der Waals surface area contributed by atoms with Crippen LogP contribution in [0.3, 0.4) is 0 Å². The van der Waals surface area contributed by atoms with Crippen LogP contribution in [0.25, 0.3) is 0 Å². The largest absolute Gasteiger partial charge is 0.376 e. The average molecular weight is 376 g/mol. The van der Waals surface area contributed by atoms with Crippen molar-refractivity contribution in [2.45, 2.75) is 19.8 Å². The van der Waals surface area contributed by atoms with Crippen molar-refractivity contribution in [1.82, 2.24) is 0 Å². The Labute approximate surface area is 155 Å². The summed E-state index contributed by atoms with van der Waals surface area (Å²) in [6, 6.07) is 9.52. The predicted molar refractivity (Wildman–Crippen MR) is 101 cm³/mol. The minimum Gasteiger partial charge on any atom is -0.376 e. The molecule has 1 aliphatic carbocycles. The van der Waals surface area contributed by atoms with Crippen LogP contribution in [0.2, 0.25) is 5.02 Å². The monoisotopic (exact) mass is 375 g/mol. The molecular formula is C19H19ClFN3O2. The lowest BCUT2D eigenvalue weighted by Gasteiger charge is -2.14. The van der Waals surface area contributed by atoms with Gasteiger partial charge in [0.1, 0.15) is 5.82 Å². The number of carbonyl (C=O) groups is 2. The number of halogens is 2. The molecule has 0 bridgehead atoms. The van der Waals surface area contributed by atoms with Crippen molar-refractivity contribution in [1.29, 1.82) is 0 Å². The summed E-state index contributed by atoms with van der Waals surface area (Å²) in [5.41, 5.74) is 2.66. The highest BCUT2D eigenvalue weighted by atomic mass is 35.5. The van der Waals surface area contributed by atoms with Crippen LogP contribution < -0.4 is 16.0 Å². The number of hydrogen-bond donors (Lipinski definition) is 3. The van der Waals surface area contributed by atoms with Gasteiger partial charge in [0, 0.05) is 23.0 Å². The molecule has 0 atom stereocenters. The van der Waals surface area contributed by atoms with Gasteiger partial charge in [0.05, 0.1) is 11.6 Å². The van der Waals surface area contributed by atoms with E-state index in [1.165, 1.54) is 18.2 Å². The molecule has 1 saturated carbocycles. The molecule has 2 aromatic rings. The fraction of sp³-hybridized carbons (Fsp3) is 0.263. The lowest BCUT2D eigenvalue weighted by atomic mass is 10.1. The summed E-state index contributed by atoms with van der Waals surface area (Å²) >= 11 is 5.72. The summed E-state index contributed by atoms with van der Waals surface area (Å²) < 4.78 is 13.1. The van der Waals surface area contributed by atoms with Crippen molar-refractivity contribution in [3.63, 3.8) is 0 Å². The highest BCUT2D eigenvalue weighted by molar-refractivity contribution is 6.31. The SMILES string of the molecule is Cc1c(NC(=O)CNc2ccc(F)c(Cl)c2)cccc1NC(=O)C1CC1. The van der Waals surface area contributed by atoms with Gasteiger partial charge >= 0.3 is 0 Å². The van der Waals surface area contributed by atoms with Crippen LogP contribution in [0.1, 0.15) is 18.4 Å². The van der Waals surface area contributed by atoms with Crippen LogP contribution in [-0.4, -0.2) is 18.4 Å². The second kappa shape index (κ2) is 7.74. The molecule has 1 aliphatic rings. The van der Waals surface area contributed by atoms with Gasteiger partial charge in [-0.05, 0) is 55.7 Å². The lowest BCUT2D eigenvalue weighted by Crippen LogP contribution is -2.22. The fourth-order valence-electron chi connectivity index (χ4n) is 2.47. The lowest BCUT2D eigenvalue weighted by molar-refractivity contribution is -0.117. The highest BCUT2D eigenvalue weighted by Crippen LogP contribution is 2.31. The summed E-state index contributed by atoms with van der Waals surface area (Å²) in [5.74, 6) is -0.646. The third kappa shape index (κ3) is 4.52. The van der Waals surface area contributed by atoms with E-state index < -0.39 is 5.82 Å². The van der Waals surface area contributed by atoms with Gasteiger partial charge in [-0.1, -0.05) is 17.7 Å². The van der Waals surface area contributed by atoms with Gasteiger partial charge in [0.2, 0.25) is 11.8 Å². The topological polar surface area (TPSA) is 70.2 Å². The summed E-state index contributed by atoms with van der Waals surface area (Å²) in [7, 11) is 0. The zero-order chi connectivity index (χ0) is 18.7. The Hall–Kier alpha value is -2.60. The summed E-state index contributed by atoms with van der Waals surface area (Å²) in [4.78, 5) is 24.1. The molecule has 26 heavy (non-hydrogen) atoms. The molecule has 0 spiro atoms. The summed E-state index contributed by atoms with van der Waals surface area (Å²) in [6.07, 6.45) is 1.86. The van der Waals surface area contributed by atoms with Crippen LogP contribution in [0.4, 0.5) is 21.5 Å². The molecule has 3 rings (SSSR count). The van der Waals surface area contributed by atoms with Gasteiger partial charge in [0.25, 0.3) is 0 Å². The van der Waals surface area contributed by atoms with Crippen molar-refractivity contribution in [3.05, 3.63) is 52.8 Å². The third-order valence-corrected chi connectivity index (χ3v) is 4.48. The minimum absolute atomic E-state index is 0.0000616. The minimum atomic E-state index is -0.512. The molecule has 0 heterocycles. The molecule has 2 aromatic carbocycles. The first-order chi connectivity index (χ1) is 12.4.